The molecule has 0 aromatic heterocycles. The van der Waals surface area contributed by atoms with Gasteiger partial charge >= 0.3 is 0 Å². The Hall–Kier alpha value is -3.60. The van der Waals surface area contributed by atoms with Crippen LogP contribution in [0.3, 0.4) is 0 Å². The van der Waals surface area contributed by atoms with E-state index in [1.165, 1.54) is 0 Å². The van der Waals surface area contributed by atoms with Crippen LogP contribution in [0.4, 0.5) is 11.4 Å². The van der Waals surface area contributed by atoms with Crippen LogP contribution in [0, 0.1) is 0 Å². The number of benzene rings is 3. The highest BCUT2D eigenvalue weighted by atomic mass is 16.5. The SMILES string of the molecule is COc1cc2c3c(c1)C(C)CC(C)(C)N3C(=O)C2=Nc1ccc(Oc2ccccc2)cc1. The molecule has 2 aliphatic rings. The monoisotopic (exact) mass is 426 g/mol. The summed E-state index contributed by atoms with van der Waals surface area (Å²) >= 11 is 0. The Morgan fingerprint density at radius 1 is 0.969 bits per heavy atom. The molecule has 5 nitrogen and oxygen atoms in total. The Bertz CT molecular complexity index is 1210. The van der Waals surface area contributed by atoms with Crippen molar-refractivity contribution in [1.82, 2.24) is 0 Å². The van der Waals surface area contributed by atoms with E-state index in [-0.39, 0.29) is 11.4 Å². The van der Waals surface area contributed by atoms with E-state index in [2.05, 4.69) is 26.8 Å². The minimum Gasteiger partial charge on any atom is -0.497 e. The number of rotatable bonds is 4. The summed E-state index contributed by atoms with van der Waals surface area (Å²) in [5.74, 6) is 2.51. The van der Waals surface area contributed by atoms with Crippen LogP contribution in [0.2, 0.25) is 0 Å². The van der Waals surface area contributed by atoms with Crippen molar-refractivity contribution >= 4 is 23.0 Å². The lowest BCUT2D eigenvalue weighted by molar-refractivity contribution is -0.113. The van der Waals surface area contributed by atoms with Crippen LogP contribution >= 0.6 is 0 Å². The number of hydrogen-bond acceptors (Lipinski definition) is 4. The van der Waals surface area contributed by atoms with Gasteiger partial charge in [-0.1, -0.05) is 25.1 Å². The van der Waals surface area contributed by atoms with Crippen LogP contribution in [0.5, 0.6) is 17.2 Å². The first-order valence-corrected chi connectivity index (χ1v) is 10.9. The van der Waals surface area contributed by atoms with Crippen LogP contribution < -0.4 is 14.4 Å². The van der Waals surface area contributed by atoms with Gasteiger partial charge in [-0.25, -0.2) is 4.99 Å². The topological polar surface area (TPSA) is 51.1 Å². The molecular weight excluding hydrogens is 400 g/mol. The third-order valence-corrected chi connectivity index (χ3v) is 6.23. The van der Waals surface area contributed by atoms with E-state index in [1.54, 1.807) is 7.11 Å². The van der Waals surface area contributed by atoms with Crippen LogP contribution in [0.1, 0.15) is 44.2 Å². The van der Waals surface area contributed by atoms with Gasteiger partial charge in [0.05, 0.1) is 18.5 Å². The van der Waals surface area contributed by atoms with Crippen molar-refractivity contribution in [3.05, 3.63) is 77.9 Å². The fourth-order valence-corrected chi connectivity index (χ4v) is 4.85. The molecule has 0 fully saturated rings. The van der Waals surface area contributed by atoms with Crippen LogP contribution in [-0.4, -0.2) is 24.3 Å². The lowest BCUT2D eigenvalue weighted by Gasteiger charge is -2.43. The largest absolute Gasteiger partial charge is 0.497 e. The molecule has 0 saturated heterocycles. The number of carbonyl (C=O) groups excluding carboxylic acids is 1. The van der Waals surface area contributed by atoms with Crippen molar-refractivity contribution in [2.24, 2.45) is 4.99 Å². The van der Waals surface area contributed by atoms with Crippen molar-refractivity contribution in [3.8, 4) is 17.2 Å². The molecular formula is C27H26N2O3. The molecule has 2 aliphatic heterocycles. The number of methoxy groups -OCH3 is 1. The van der Waals surface area contributed by atoms with E-state index < -0.39 is 0 Å². The van der Waals surface area contributed by atoms with Crippen LogP contribution in [0.15, 0.2) is 71.7 Å². The Balaban J connectivity index is 1.54. The minimum atomic E-state index is -0.280. The molecule has 162 valence electrons. The molecule has 0 radical (unpaired) electrons. The van der Waals surface area contributed by atoms with E-state index in [0.717, 1.165) is 40.5 Å². The number of ether oxygens (including phenoxy) is 2. The van der Waals surface area contributed by atoms with Gasteiger partial charge in [-0.05, 0) is 80.3 Å². The van der Waals surface area contributed by atoms with Crippen molar-refractivity contribution in [2.75, 3.05) is 12.0 Å². The van der Waals surface area contributed by atoms with E-state index in [9.17, 15) is 4.79 Å². The maximum atomic E-state index is 13.5. The van der Waals surface area contributed by atoms with Crippen molar-refractivity contribution in [1.29, 1.82) is 0 Å². The number of hydrogen-bond donors (Lipinski definition) is 0. The van der Waals surface area contributed by atoms with Gasteiger partial charge in [0.15, 0.2) is 0 Å². The van der Waals surface area contributed by atoms with Gasteiger partial charge in [-0.2, -0.15) is 0 Å². The Labute approximate surface area is 188 Å². The van der Waals surface area contributed by atoms with Gasteiger partial charge in [0, 0.05) is 11.1 Å². The lowest BCUT2D eigenvalue weighted by Crippen LogP contribution is -2.50. The molecule has 1 atom stereocenters. The summed E-state index contributed by atoms with van der Waals surface area (Å²) in [5, 5.41) is 0. The highest BCUT2D eigenvalue weighted by molar-refractivity contribution is 6.55. The van der Waals surface area contributed by atoms with Crippen LogP contribution in [-0.2, 0) is 4.79 Å². The fraction of sp³-hybridized carbons (Fsp3) is 0.259. The first kappa shape index (κ1) is 20.3. The molecule has 3 aromatic carbocycles. The van der Waals surface area contributed by atoms with E-state index in [0.29, 0.717) is 17.3 Å². The highest BCUT2D eigenvalue weighted by Crippen LogP contribution is 2.50. The zero-order valence-electron chi connectivity index (χ0n) is 18.8. The maximum absolute atomic E-state index is 13.5. The summed E-state index contributed by atoms with van der Waals surface area (Å²) in [6.45, 7) is 6.45. The smallest absolute Gasteiger partial charge is 0.278 e. The standard InChI is InChI=1S/C27H26N2O3/c1-17-16-27(2,3)29-25-22(17)14-21(31-4)15-23(25)24(26(29)30)28-18-10-12-20(13-11-18)32-19-8-6-5-7-9-19/h5-15,17H,16H2,1-4H3. The van der Waals surface area contributed by atoms with Gasteiger partial charge in [0.2, 0.25) is 0 Å². The van der Waals surface area contributed by atoms with Gasteiger partial charge < -0.3 is 14.4 Å². The number of aliphatic imine (C=N–C) groups is 1. The third-order valence-electron chi connectivity index (χ3n) is 6.23. The van der Waals surface area contributed by atoms with Gasteiger partial charge in [0.1, 0.15) is 23.0 Å². The zero-order chi connectivity index (χ0) is 22.5. The van der Waals surface area contributed by atoms with E-state index >= 15 is 0 Å². The molecule has 1 amide bonds. The molecule has 0 bridgehead atoms. The number of amides is 1. The number of carbonyl (C=O) groups is 1. The molecule has 3 aromatic rings. The Kier molecular flexibility index (Phi) is 4.77. The number of para-hydroxylation sites is 1. The van der Waals surface area contributed by atoms with Crippen molar-refractivity contribution in [2.45, 2.75) is 38.6 Å². The number of anilines is 1. The lowest BCUT2D eigenvalue weighted by atomic mass is 9.80. The van der Waals surface area contributed by atoms with Crippen molar-refractivity contribution in [3.63, 3.8) is 0 Å². The number of nitrogens with zero attached hydrogens (tertiary/aromatic N) is 2. The summed E-state index contributed by atoms with van der Waals surface area (Å²) in [6, 6.07) is 21.1. The second-order valence-electron chi connectivity index (χ2n) is 9.04. The summed E-state index contributed by atoms with van der Waals surface area (Å²) in [4.78, 5) is 20.2. The molecule has 5 heteroatoms. The molecule has 0 N–H and O–H groups in total. The molecule has 2 heterocycles. The molecule has 0 spiro atoms. The van der Waals surface area contributed by atoms with Crippen molar-refractivity contribution < 1.29 is 14.3 Å². The maximum Gasteiger partial charge on any atom is 0.278 e. The first-order chi connectivity index (χ1) is 15.4. The molecule has 0 aliphatic carbocycles. The fourth-order valence-electron chi connectivity index (χ4n) is 4.85. The van der Waals surface area contributed by atoms with Gasteiger partial charge in [-0.3, -0.25) is 4.79 Å². The highest BCUT2D eigenvalue weighted by Gasteiger charge is 2.48. The molecule has 5 rings (SSSR count). The second-order valence-corrected chi connectivity index (χ2v) is 9.04. The summed E-state index contributed by atoms with van der Waals surface area (Å²) in [5.41, 5.74) is 3.84. The minimum absolute atomic E-state index is 0.0592. The van der Waals surface area contributed by atoms with E-state index in [1.807, 2.05) is 65.6 Å². The average Bonchev–Trinajstić information content (AvgIpc) is 3.06. The molecule has 32 heavy (non-hydrogen) atoms. The molecule has 1 unspecified atom stereocenters. The average molecular weight is 427 g/mol. The Morgan fingerprint density at radius 2 is 1.66 bits per heavy atom. The van der Waals surface area contributed by atoms with Gasteiger partial charge in [-0.15, -0.1) is 0 Å². The predicted molar refractivity (Wildman–Crippen MR) is 127 cm³/mol. The second kappa shape index (κ2) is 7.52. The summed E-state index contributed by atoms with van der Waals surface area (Å²) < 4.78 is 11.4. The zero-order valence-corrected chi connectivity index (χ0v) is 18.8. The third kappa shape index (κ3) is 3.34. The first-order valence-electron chi connectivity index (χ1n) is 10.9. The van der Waals surface area contributed by atoms with Gasteiger partial charge in [0.25, 0.3) is 5.91 Å². The predicted octanol–water partition coefficient (Wildman–Crippen LogP) is 6.24. The van der Waals surface area contributed by atoms with E-state index in [4.69, 9.17) is 14.5 Å². The molecule has 0 saturated carbocycles. The summed E-state index contributed by atoms with van der Waals surface area (Å²) in [7, 11) is 1.66. The normalized spacial score (nSPS) is 19.8. The van der Waals surface area contributed by atoms with Crippen LogP contribution in [0.25, 0.3) is 0 Å². The Morgan fingerprint density at radius 3 is 2.34 bits per heavy atom. The quantitative estimate of drug-likeness (QED) is 0.496. The summed E-state index contributed by atoms with van der Waals surface area (Å²) in [6.07, 6.45) is 0.886.